The average molecular weight is 333 g/mol. The fourth-order valence-electron chi connectivity index (χ4n) is 4.51. The van der Waals surface area contributed by atoms with Gasteiger partial charge in [0.15, 0.2) is 0 Å². The molecule has 2 atom stereocenters. The van der Waals surface area contributed by atoms with E-state index in [2.05, 4.69) is 18.7 Å². The number of likely N-dealkylation sites (N-methyl/N-ethyl adjacent to an activating group) is 1. The molecule has 3 rings (SSSR count). The van der Waals surface area contributed by atoms with Crippen molar-refractivity contribution in [2.24, 2.45) is 5.92 Å². The number of carbonyl (C=O) groups is 1. The maximum absolute atomic E-state index is 13.7. The second-order valence-corrected chi connectivity index (χ2v) is 8.06. The third kappa shape index (κ3) is 3.27. The molecule has 1 amide bonds. The summed E-state index contributed by atoms with van der Waals surface area (Å²) < 4.78 is 13.7. The average Bonchev–Trinajstić information content (AvgIpc) is 2.75. The topological polar surface area (TPSA) is 26.8 Å². The van der Waals surface area contributed by atoms with E-state index in [1.165, 1.54) is 6.07 Å². The molecule has 0 bridgehead atoms. The van der Waals surface area contributed by atoms with Gasteiger partial charge in [-0.3, -0.25) is 4.79 Å². The molecule has 1 aromatic rings. The summed E-state index contributed by atoms with van der Waals surface area (Å²) >= 11 is 0. The Morgan fingerprint density at radius 1 is 1.38 bits per heavy atom. The van der Waals surface area contributed by atoms with E-state index in [0.717, 1.165) is 31.6 Å². The van der Waals surface area contributed by atoms with Gasteiger partial charge in [-0.25, -0.2) is 4.39 Å². The van der Waals surface area contributed by atoms with Crippen LogP contribution in [0.2, 0.25) is 0 Å². The van der Waals surface area contributed by atoms with Crippen LogP contribution in [0, 0.1) is 11.7 Å². The predicted molar refractivity (Wildman–Crippen MR) is 94.6 cm³/mol. The molecule has 0 unspecified atom stereocenters. The van der Waals surface area contributed by atoms with Gasteiger partial charge < -0.3 is 14.7 Å². The van der Waals surface area contributed by atoms with Crippen LogP contribution in [0.25, 0.3) is 0 Å². The van der Waals surface area contributed by atoms with E-state index < -0.39 is 0 Å². The fraction of sp³-hybridized carbons (Fsp3) is 0.632. The summed E-state index contributed by atoms with van der Waals surface area (Å²) in [7, 11) is 3.85. The second-order valence-electron chi connectivity index (χ2n) is 8.06. The largest absolute Gasteiger partial charge is 0.363 e. The van der Waals surface area contributed by atoms with E-state index in [4.69, 9.17) is 0 Å². The zero-order valence-corrected chi connectivity index (χ0v) is 15.1. The van der Waals surface area contributed by atoms with Crippen molar-refractivity contribution in [2.45, 2.75) is 38.3 Å². The maximum Gasteiger partial charge on any atom is 0.236 e. The maximum atomic E-state index is 13.7. The van der Waals surface area contributed by atoms with Crippen molar-refractivity contribution >= 4 is 11.6 Å². The van der Waals surface area contributed by atoms with Gasteiger partial charge in [0, 0.05) is 30.4 Å². The van der Waals surface area contributed by atoms with Crippen molar-refractivity contribution in [3.8, 4) is 0 Å². The number of anilines is 1. The van der Waals surface area contributed by atoms with Crippen LogP contribution in [0.3, 0.4) is 0 Å². The molecule has 24 heavy (non-hydrogen) atoms. The van der Waals surface area contributed by atoms with Gasteiger partial charge in [0.25, 0.3) is 0 Å². The smallest absolute Gasteiger partial charge is 0.236 e. The summed E-state index contributed by atoms with van der Waals surface area (Å²) in [6, 6.07) is 7.28. The Morgan fingerprint density at radius 3 is 2.79 bits per heavy atom. The monoisotopic (exact) mass is 333 g/mol. The Balaban J connectivity index is 1.78. The number of carbonyl (C=O) groups excluding carboxylic acids is 1. The molecule has 0 spiro atoms. The van der Waals surface area contributed by atoms with E-state index in [0.29, 0.717) is 18.5 Å². The fourth-order valence-corrected chi connectivity index (χ4v) is 4.51. The Labute approximate surface area is 144 Å². The Hall–Kier alpha value is -1.62. The molecule has 2 heterocycles. The Kier molecular flexibility index (Phi) is 4.56. The van der Waals surface area contributed by atoms with Crippen LogP contribution in [0.1, 0.15) is 26.7 Å². The first-order chi connectivity index (χ1) is 11.3. The first-order valence-corrected chi connectivity index (χ1v) is 8.75. The molecule has 5 heteroatoms. The van der Waals surface area contributed by atoms with E-state index in [1.807, 2.05) is 30.0 Å². The van der Waals surface area contributed by atoms with Crippen molar-refractivity contribution in [1.82, 2.24) is 9.80 Å². The molecular formula is C19H28FN3O. The van der Waals surface area contributed by atoms with Gasteiger partial charge in [0.05, 0.1) is 6.54 Å². The Morgan fingerprint density at radius 2 is 2.12 bits per heavy atom. The second kappa shape index (κ2) is 6.36. The molecule has 4 nitrogen and oxygen atoms in total. The minimum absolute atomic E-state index is 0.0241. The van der Waals surface area contributed by atoms with Crippen molar-refractivity contribution in [3.63, 3.8) is 0 Å². The lowest BCUT2D eigenvalue weighted by molar-refractivity contribution is -0.133. The van der Waals surface area contributed by atoms with Crippen LogP contribution < -0.4 is 4.90 Å². The number of likely N-dealkylation sites (tertiary alicyclic amines) is 1. The molecule has 0 aliphatic carbocycles. The summed E-state index contributed by atoms with van der Waals surface area (Å²) in [4.78, 5) is 18.7. The lowest BCUT2D eigenvalue weighted by Crippen LogP contribution is -2.51. The van der Waals surface area contributed by atoms with Crippen molar-refractivity contribution in [2.75, 3.05) is 38.6 Å². The van der Waals surface area contributed by atoms with Crippen LogP contribution in [-0.2, 0) is 4.79 Å². The molecule has 0 aromatic heterocycles. The van der Waals surface area contributed by atoms with Gasteiger partial charge in [0.1, 0.15) is 5.82 Å². The van der Waals surface area contributed by atoms with Crippen LogP contribution in [0.15, 0.2) is 24.3 Å². The van der Waals surface area contributed by atoms with Gasteiger partial charge in [-0.2, -0.15) is 0 Å². The number of amides is 1. The molecule has 1 aromatic carbocycles. The highest BCUT2D eigenvalue weighted by molar-refractivity contribution is 5.78. The lowest BCUT2D eigenvalue weighted by atomic mass is 9.89. The lowest BCUT2D eigenvalue weighted by Gasteiger charge is -2.42. The number of rotatable bonds is 3. The van der Waals surface area contributed by atoms with Crippen LogP contribution in [-0.4, -0.2) is 61.0 Å². The van der Waals surface area contributed by atoms with Crippen molar-refractivity contribution < 1.29 is 9.18 Å². The SMILES string of the molecule is CN(C)CC(=O)N1CC[C@H]2[C@@H](C1)CC(C)(C)N2c1cccc(F)c1. The molecule has 132 valence electrons. The summed E-state index contributed by atoms with van der Waals surface area (Å²) in [5.41, 5.74) is 0.935. The molecule has 0 N–H and O–H groups in total. The summed E-state index contributed by atoms with van der Waals surface area (Å²) in [5, 5.41) is 0. The van der Waals surface area contributed by atoms with E-state index >= 15 is 0 Å². The molecular weight excluding hydrogens is 305 g/mol. The Bertz CT molecular complexity index is 616. The van der Waals surface area contributed by atoms with E-state index in [1.54, 1.807) is 12.1 Å². The van der Waals surface area contributed by atoms with E-state index in [9.17, 15) is 9.18 Å². The molecule has 0 saturated carbocycles. The van der Waals surface area contributed by atoms with Gasteiger partial charge in [-0.15, -0.1) is 0 Å². The number of benzene rings is 1. The minimum Gasteiger partial charge on any atom is -0.363 e. The van der Waals surface area contributed by atoms with Gasteiger partial charge >= 0.3 is 0 Å². The number of fused-ring (bicyclic) bond motifs is 1. The summed E-state index contributed by atoms with van der Waals surface area (Å²) in [5.74, 6) is 0.467. The third-order valence-electron chi connectivity index (χ3n) is 5.33. The number of hydrogen-bond donors (Lipinski definition) is 0. The number of hydrogen-bond acceptors (Lipinski definition) is 3. The number of halogens is 1. The van der Waals surface area contributed by atoms with Crippen LogP contribution in [0.4, 0.5) is 10.1 Å². The molecule has 2 saturated heterocycles. The summed E-state index contributed by atoms with van der Waals surface area (Å²) in [6.07, 6.45) is 1.98. The van der Waals surface area contributed by atoms with Crippen molar-refractivity contribution in [1.29, 1.82) is 0 Å². The summed E-state index contributed by atoms with van der Waals surface area (Å²) in [6.45, 7) is 6.52. The molecule has 2 aliphatic rings. The van der Waals surface area contributed by atoms with Crippen LogP contribution in [0.5, 0.6) is 0 Å². The van der Waals surface area contributed by atoms with Crippen LogP contribution >= 0.6 is 0 Å². The zero-order chi connectivity index (χ0) is 17.5. The van der Waals surface area contributed by atoms with E-state index in [-0.39, 0.29) is 17.3 Å². The minimum atomic E-state index is -0.189. The normalized spacial score (nSPS) is 25.9. The van der Waals surface area contributed by atoms with Gasteiger partial charge in [-0.1, -0.05) is 6.07 Å². The van der Waals surface area contributed by atoms with Gasteiger partial charge in [-0.05, 0) is 64.9 Å². The standard InChI is InChI=1S/C19H28FN3O/c1-19(2)11-14-12-22(18(24)13-21(3)4)9-8-17(14)23(19)16-7-5-6-15(20)10-16/h5-7,10,14,17H,8-9,11-13H2,1-4H3/t14-,17+/m1/s1. The number of piperidine rings is 1. The highest BCUT2D eigenvalue weighted by Crippen LogP contribution is 2.44. The first-order valence-electron chi connectivity index (χ1n) is 8.75. The highest BCUT2D eigenvalue weighted by atomic mass is 19.1. The third-order valence-corrected chi connectivity index (χ3v) is 5.33. The first kappa shape index (κ1) is 17.2. The number of nitrogens with zero attached hydrogens (tertiary/aromatic N) is 3. The zero-order valence-electron chi connectivity index (χ0n) is 15.1. The molecule has 2 fully saturated rings. The molecule has 0 radical (unpaired) electrons. The molecule has 2 aliphatic heterocycles. The highest BCUT2D eigenvalue weighted by Gasteiger charge is 2.48. The predicted octanol–water partition coefficient (Wildman–Crippen LogP) is 2.59. The van der Waals surface area contributed by atoms with Gasteiger partial charge in [0.2, 0.25) is 5.91 Å². The quantitative estimate of drug-likeness (QED) is 0.851. The van der Waals surface area contributed by atoms with Crippen molar-refractivity contribution in [3.05, 3.63) is 30.1 Å².